The highest BCUT2D eigenvalue weighted by atomic mass is 32.3. The van der Waals surface area contributed by atoms with Crippen LogP contribution in [0.1, 0.15) is 0 Å². The smallest absolute Gasteiger partial charge is 0.00700 e. The summed E-state index contributed by atoms with van der Waals surface area (Å²) in [6.07, 6.45) is 2.06. The van der Waals surface area contributed by atoms with Crippen molar-refractivity contribution in [3.63, 3.8) is 0 Å². The summed E-state index contributed by atoms with van der Waals surface area (Å²) in [5, 5.41) is 0. The lowest BCUT2D eigenvalue weighted by molar-refractivity contribution is 1.28. The number of hydrogen-bond donors (Lipinski definition) is 0. The minimum absolute atomic E-state index is 0.949. The van der Waals surface area contributed by atoms with Gasteiger partial charge in [0.1, 0.15) is 0 Å². The van der Waals surface area contributed by atoms with E-state index in [-0.39, 0.29) is 0 Å². The van der Waals surface area contributed by atoms with Crippen molar-refractivity contribution < 1.29 is 0 Å². The van der Waals surface area contributed by atoms with Crippen LogP contribution < -0.4 is 0 Å². The van der Waals surface area contributed by atoms with Crippen LogP contribution in [-0.2, 0) is 0 Å². The van der Waals surface area contributed by atoms with Gasteiger partial charge in [0.25, 0.3) is 0 Å². The van der Waals surface area contributed by atoms with Gasteiger partial charge in [-0.15, -0.1) is 6.58 Å². The molecule has 0 fully saturated rings. The summed E-state index contributed by atoms with van der Waals surface area (Å²) in [7, 11) is -1.30. The van der Waals surface area contributed by atoms with E-state index in [4.69, 9.17) is 0 Å². The summed E-state index contributed by atoms with van der Waals surface area (Å²) in [6.45, 7) is 4.04. The SMILES string of the molecule is C=CCS(c1ccccc1)(c1ccccc1)c1ccccc1. The number of hydrogen-bond acceptors (Lipinski definition) is 0. The van der Waals surface area contributed by atoms with Crippen molar-refractivity contribution in [3.05, 3.63) is 104 Å². The Hall–Kier alpha value is -2.25. The maximum absolute atomic E-state index is 4.04. The molecule has 0 saturated heterocycles. The Balaban J connectivity index is 2.31. The van der Waals surface area contributed by atoms with Gasteiger partial charge in [-0.2, -0.15) is 10.0 Å². The van der Waals surface area contributed by atoms with E-state index in [2.05, 4.69) is 104 Å². The predicted octanol–water partition coefficient (Wildman–Crippen LogP) is 6.15. The molecule has 3 rings (SSSR count). The molecule has 0 aliphatic carbocycles. The van der Waals surface area contributed by atoms with E-state index in [0.717, 1.165) is 5.75 Å². The van der Waals surface area contributed by atoms with Gasteiger partial charge in [-0.1, -0.05) is 60.7 Å². The van der Waals surface area contributed by atoms with E-state index < -0.39 is 10.0 Å². The van der Waals surface area contributed by atoms with Crippen molar-refractivity contribution in [2.45, 2.75) is 14.7 Å². The van der Waals surface area contributed by atoms with E-state index in [1.807, 2.05) is 0 Å². The first kappa shape index (κ1) is 14.7. The van der Waals surface area contributed by atoms with Gasteiger partial charge in [-0.05, 0) is 51.1 Å². The van der Waals surface area contributed by atoms with Crippen LogP contribution in [0.4, 0.5) is 0 Å². The van der Waals surface area contributed by atoms with E-state index in [1.165, 1.54) is 14.7 Å². The molecule has 3 aromatic rings. The Morgan fingerprint density at radius 3 is 1.18 bits per heavy atom. The van der Waals surface area contributed by atoms with Gasteiger partial charge >= 0.3 is 0 Å². The lowest BCUT2D eigenvalue weighted by Gasteiger charge is -2.40. The zero-order valence-corrected chi connectivity index (χ0v) is 13.4. The fourth-order valence-electron chi connectivity index (χ4n) is 2.83. The maximum atomic E-state index is 4.04. The lowest BCUT2D eigenvalue weighted by Crippen LogP contribution is -2.06. The Morgan fingerprint density at radius 2 is 0.909 bits per heavy atom. The summed E-state index contributed by atoms with van der Waals surface area (Å²) < 4.78 is 0. The van der Waals surface area contributed by atoms with Crippen molar-refractivity contribution in [2.24, 2.45) is 0 Å². The van der Waals surface area contributed by atoms with Crippen LogP contribution >= 0.6 is 10.0 Å². The van der Waals surface area contributed by atoms with Crippen molar-refractivity contribution in [3.8, 4) is 0 Å². The zero-order chi connectivity index (χ0) is 15.3. The summed E-state index contributed by atoms with van der Waals surface area (Å²) in [5.41, 5.74) is 0. The second kappa shape index (κ2) is 6.67. The third kappa shape index (κ3) is 2.60. The van der Waals surface area contributed by atoms with Crippen molar-refractivity contribution >= 4 is 10.0 Å². The molecule has 3 aromatic carbocycles. The Bertz CT molecular complexity index is 621. The molecular weight excluding hydrogens is 284 g/mol. The van der Waals surface area contributed by atoms with Crippen molar-refractivity contribution in [1.29, 1.82) is 0 Å². The molecule has 110 valence electrons. The van der Waals surface area contributed by atoms with Crippen LogP contribution in [0.15, 0.2) is 118 Å². The number of rotatable bonds is 5. The van der Waals surface area contributed by atoms with Gasteiger partial charge in [0.15, 0.2) is 0 Å². The molecule has 0 bridgehead atoms. The Kier molecular flexibility index (Phi) is 4.45. The average Bonchev–Trinajstić information content (AvgIpc) is 2.62. The minimum atomic E-state index is -1.30. The molecule has 0 unspecified atom stereocenters. The van der Waals surface area contributed by atoms with Crippen molar-refractivity contribution in [2.75, 3.05) is 5.75 Å². The van der Waals surface area contributed by atoms with Crippen LogP contribution in [-0.4, -0.2) is 5.75 Å². The molecule has 0 aromatic heterocycles. The summed E-state index contributed by atoms with van der Waals surface area (Å²) >= 11 is 0. The van der Waals surface area contributed by atoms with E-state index >= 15 is 0 Å². The van der Waals surface area contributed by atoms with Gasteiger partial charge in [-0.25, -0.2) is 0 Å². The Morgan fingerprint density at radius 1 is 0.591 bits per heavy atom. The zero-order valence-electron chi connectivity index (χ0n) is 12.6. The quantitative estimate of drug-likeness (QED) is 0.496. The fourth-order valence-corrected chi connectivity index (χ4v) is 6.44. The second-order valence-electron chi connectivity index (χ2n) is 5.13. The first-order valence-corrected chi connectivity index (χ1v) is 9.25. The summed E-state index contributed by atoms with van der Waals surface area (Å²) in [4.78, 5) is 4.15. The molecule has 1 heteroatoms. The van der Waals surface area contributed by atoms with E-state index in [0.29, 0.717) is 0 Å². The van der Waals surface area contributed by atoms with Gasteiger partial charge in [0, 0.05) is 5.75 Å². The monoisotopic (exact) mass is 304 g/mol. The van der Waals surface area contributed by atoms with E-state index in [1.54, 1.807) is 0 Å². The van der Waals surface area contributed by atoms with Crippen LogP contribution in [0.2, 0.25) is 0 Å². The standard InChI is InChI=1S/C21H20S/c1-2-18-22(19-12-6-3-7-13-19,20-14-8-4-9-15-20)21-16-10-5-11-17-21/h2-17H,1,18H2. The highest BCUT2D eigenvalue weighted by Gasteiger charge is 2.29. The highest BCUT2D eigenvalue weighted by molar-refractivity contribution is 8.34. The van der Waals surface area contributed by atoms with Crippen LogP contribution in [0.5, 0.6) is 0 Å². The molecule has 0 spiro atoms. The first-order valence-electron chi connectivity index (χ1n) is 7.45. The topological polar surface area (TPSA) is 0 Å². The molecule has 0 N–H and O–H groups in total. The van der Waals surface area contributed by atoms with Crippen LogP contribution in [0.25, 0.3) is 0 Å². The first-order chi connectivity index (χ1) is 10.9. The van der Waals surface area contributed by atoms with Crippen LogP contribution in [0, 0.1) is 0 Å². The molecule has 0 aliphatic rings. The van der Waals surface area contributed by atoms with Gasteiger partial charge in [0.05, 0.1) is 0 Å². The molecule has 0 atom stereocenters. The summed E-state index contributed by atoms with van der Waals surface area (Å²) in [5.74, 6) is 0.949. The number of benzene rings is 3. The fraction of sp³-hybridized carbons (Fsp3) is 0.0476. The third-order valence-corrected chi connectivity index (χ3v) is 7.77. The van der Waals surface area contributed by atoms with Gasteiger partial charge in [-0.3, -0.25) is 0 Å². The lowest BCUT2D eigenvalue weighted by atomic mass is 10.4. The maximum Gasteiger partial charge on any atom is 0.00700 e. The molecule has 0 amide bonds. The van der Waals surface area contributed by atoms with Crippen molar-refractivity contribution in [1.82, 2.24) is 0 Å². The normalized spacial score (nSPS) is 11.8. The van der Waals surface area contributed by atoms with E-state index in [9.17, 15) is 0 Å². The summed E-state index contributed by atoms with van der Waals surface area (Å²) in [6, 6.07) is 32.5. The Labute approximate surface area is 134 Å². The van der Waals surface area contributed by atoms with Crippen LogP contribution in [0.3, 0.4) is 0 Å². The molecule has 0 saturated carbocycles. The van der Waals surface area contributed by atoms with Gasteiger partial charge < -0.3 is 0 Å². The average molecular weight is 304 g/mol. The predicted molar refractivity (Wildman–Crippen MR) is 96.8 cm³/mol. The minimum Gasteiger partial charge on any atom is -0.157 e. The molecule has 22 heavy (non-hydrogen) atoms. The highest BCUT2D eigenvalue weighted by Crippen LogP contribution is 2.68. The largest absolute Gasteiger partial charge is 0.157 e. The molecule has 0 aliphatic heterocycles. The molecule has 0 heterocycles. The molecular formula is C21H20S. The second-order valence-corrected chi connectivity index (χ2v) is 8.36. The van der Waals surface area contributed by atoms with Gasteiger partial charge in [0.2, 0.25) is 0 Å². The third-order valence-electron chi connectivity index (χ3n) is 3.80. The molecule has 0 nitrogen and oxygen atoms in total. The molecule has 0 radical (unpaired) electrons.